The van der Waals surface area contributed by atoms with Gasteiger partial charge in [-0.25, -0.2) is 0 Å². The van der Waals surface area contributed by atoms with Gasteiger partial charge in [-0.05, 0) is 187 Å². The van der Waals surface area contributed by atoms with Crippen molar-refractivity contribution < 1.29 is 98.1 Å². The van der Waals surface area contributed by atoms with Gasteiger partial charge in [0.05, 0.1) is 13.3 Å². The van der Waals surface area contributed by atoms with Crippen LogP contribution < -0.4 is 0 Å². The zero-order valence-electron chi connectivity index (χ0n) is 50.0. The second-order valence-corrected chi connectivity index (χ2v) is 26.0. The van der Waals surface area contributed by atoms with E-state index < -0.39 is 0 Å². The van der Waals surface area contributed by atoms with Crippen LogP contribution in [-0.2, 0) is 98.1 Å². The molecule has 0 amide bonds. The molecule has 0 N–H and O–H groups in total. The van der Waals surface area contributed by atoms with Crippen molar-refractivity contribution in [2.45, 2.75) is 213 Å². The fraction of sp³-hybridized carbons (Fsp3) is 1.00. The third-order valence-corrected chi connectivity index (χ3v) is 17.2. The molecule has 411 valence electrons. The molecule has 3 radical (unpaired) electrons. The van der Waals surface area contributed by atoms with Crippen LogP contribution in [-0.4, -0.2) is 242 Å². The van der Waals surface area contributed by atoms with Crippen molar-refractivity contribution in [3.63, 3.8) is 0 Å². The van der Waals surface area contributed by atoms with E-state index in [9.17, 15) is 0 Å². The van der Waals surface area contributed by atoms with Crippen molar-refractivity contribution >= 4 is 0 Å². The van der Waals surface area contributed by atoms with Gasteiger partial charge in [0.15, 0.2) is 0 Å². The van der Waals surface area contributed by atoms with E-state index in [1.54, 1.807) is 0 Å². The molecule has 6 bridgehead atoms. The fourth-order valence-electron chi connectivity index (χ4n) is 12.5. The normalized spacial score (nSPS) is 35.2. The Hall–Kier alpha value is 2.83. The van der Waals surface area contributed by atoms with Gasteiger partial charge in [-0.2, -0.15) is 0 Å². The molecule has 0 spiro atoms. The fourth-order valence-corrected chi connectivity index (χ4v) is 12.5. The van der Waals surface area contributed by atoms with E-state index in [-0.39, 0.29) is 126 Å². The minimum atomic E-state index is 0. The summed E-state index contributed by atoms with van der Waals surface area (Å²) >= 11 is 0. The molecule has 6 fully saturated rings. The molecule has 6 saturated heterocycles. The van der Waals surface area contributed by atoms with Crippen LogP contribution in [0.3, 0.4) is 0 Å². The first-order chi connectivity index (χ1) is 31.9. The molecule has 12 nitrogen and oxygen atoms in total. The van der Waals surface area contributed by atoms with Gasteiger partial charge in [-0.1, -0.05) is 66.2 Å². The Morgan fingerprint density at radius 3 is 1.24 bits per heavy atom. The van der Waals surface area contributed by atoms with Gasteiger partial charge >= 0.3 is 0 Å². The molecule has 0 aliphatic carbocycles. The molecule has 6 aliphatic heterocycles. The quantitative estimate of drug-likeness (QED) is 0.236. The summed E-state index contributed by atoms with van der Waals surface area (Å²) in [7, 11) is 6.88. The maximum Gasteiger partial charge on any atom is 0.0513 e. The zero-order chi connectivity index (χ0) is 50.2. The molecule has 0 aromatic heterocycles. The predicted molar refractivity (Wildman–Crippen MR) is 296 cm³/mol. The van der Waals surface area contributed by atoms with Gasteiger partial charge in [0.2, 0.25) is 0 Å². The van der Waals surface area contributed by atoms with Gasteiger partial charge in [0, 0.05) is 159 Å². The molecule has 6 aliphatic rings. The van der Waals surface area contributed by atoms with Crippen molar-refractivity contribution in [3.05, 3.63) is 16.0 Å². The summed E-state index contributed by atoms with van der Waals surface area (Å²) < 4.78 is 0. The maximum atomic E-state index is 5.02. The minimum Gasteiger partial charge on any atom is -0.662 e. The van der Waals surface area contributed by atoms with E-state index in [1.807, 2.05) is 0 Å². The summed E-state index contributed by atoms with van der Waals surface area (Å²) in [4.78, 5) is 23.8. The SMILES string of the molecule is CC1CC(C)(C)[N-]CCCN2CN1CCCN(C)C(C)(C)CC2(C)C.CC1CC(C)(C)[N-]CCCN2CN1CCCN(C)C(C)(C)CC2C.CN1CCCN2CCC[N-]CCCN(CCC1)CC2.[Y].[Y].[Y]. The standard InChI is InChI=1S/C21H43N4.C20H41N4.C15H31N4.3Y/c1-18-15-19(2,3)22-11-9-14-25-17-24(18)13-10-12-23(8)20(4,5)16-21(25,6)7;1-17-14-19(3,4)21-10-8-12-23-16-24(17)13-9-11-22(7)20(5,6)15-18(23)2;1-17-8-4-12-18-10-2-6-16-7-3-11-19(15-14-18)13-5-9-17;;;/h18H,9-17H2,1-8H3;17-18H,8-16H2,1-7H3;2-15H2,1H3;;;/q3*-1;;;. The minimum absolute atomic E-state index is 0. The van der Waals surface area contributed by atoms with Gasteiger partial charge < -0.3 is 40.4 Å². The smallest absolute Gasteiger partial charge is 0.0513 e. The van der Waals surface area contributed by atoms with E-state index in [2.05, 4.69) is 161 Å². The molecule has 0 aromatic carbocycles. The Kier molecular flexibility index (Phi) is 35.3. The summed E-state index contributed by atoms with van der Waals surface area (Å²) in [5.74, 6) is 0. The zero-order valence-corrected chi connectivity index (χ0v) is 58.5. The van der Waals surface area contributed by atoms with Crippen molar-refractivity contribution in [2.24, 2.45) is 0 Å². The van der Waals surface area contributed by atoms with E-state index >= 15 is 0 Å². The van der Waals surface area contributed by atoms with Crippen molar-refractivity contribution in [2.75, 3.05) is 152 Å². The predicted octanol–water partition coefficient (Wildman–Crippen LogP) is 9.42. The summed E-state index contributed by atoms with van der Waals surface area (Å²) in [6.07, 6.45) is 14.7. The van der Waals surface area contributed by atoms with Crippen LogP contribution in [0, 0.1) is 0 Å². The molecule has 9 unspecified atom stereocenters. The van der Waals surface area contributed by atoms with Crippen LogP contribution >= 0.6 is 0 Å². The summed E-state index contributed by atoms with van der Waals surface area (Å²) in [5, 5.41) is 14.7. The summed E-state index contributed by atoms with van der Waals surface area (Å²) in [6, 6.07) is 1.78. The van der Waals surface area contributed by atoms with Crippen LogP contribution in [0.2, 0.25) is 0 Å². The van der Waals surface area contributed by atoms with Gasteiger partial charge in [-0.3, -0.25) is 19.6 Å². The van der Waals surface area contributed by atoms with Crippen molar-refractivity contribution in [1.82, 2.24) is 44.1 Å². The summed E-state index contributed by atoms with van der Waals surface area (Å²) in [6.45, 7) is 54.4. The largest absolute Gasteiger partial charge is 0.662 e. The monoisotopic (exact) mass is 1220 g/mol. The van der Waals surface area contributed by atoms with Crippen molar-refractivity contribution in [3.8, 4) is 0 Å². The van der Waals surface area contributed by atoms with E-state index in [0.717, 1.165) is 58.9 Å². The Bertz CT molecular complexity index is 1370. The number of hydrogen-bond donors (Lipinski definition) is 0. The number of fused-ring (bicyclic) bond motifs is 7. The molecule has 0 saturated carbocycles. The Labute approximate surface area is 517 Å². The molecular weight excluding hydrogens is 1110 g/mol. The van der Waals surface area contributed by atoms with Gasteiger partial charge in [0.1, 0.15) is 0 Å². The first-order valence-electron chi connectivity index (χ1n) is 28.4. The third kappa shape index (κ3) is 26.8. The van der Waals surface area contributed by atoms with Gasteiger partial charge in [-0.15, -0.1) is 37.3 Å². The average Bonchev–Trinajstić information content (AvgIpc) is 3.31. The maximum absolute atomic E-state index is 5.02. The van der Waals surface area contributed by atoms with Crippen LogP contribution in [0.15, 0.2) is 0 Å². The van der Waals surface area contributed by atoms with Crippen LogP contribution in [0.5, 0.6) is 0 Å². The molecule has 15 heteroatoms. The molecule has 6 rings (SSSR count). The van der Waals surface area contributed by atoms with E-state index in [0.29, 0.717) is 18.1 Å². The van der Waals surface area contributed by atoms with Crippen LogP contribution in [0.4, 0.5) is 0 Å². The molecule has 71 heavy (non-hydrogen) atoms. The van der Waals surface area contributed by atoms with E-state index in [4.69, 9.17) is 10.6 Å². The van der Waals surface area contributed by atoms with Crippen LogP contribution in [0.1, 0.15) is 167 Å². The first-order valence-corrected chi connectivity index (χ1v) is 28.4. The molecule has 0 aromatic rings. The van der Waals surface area contributed by atoms with Crippen molar-refractivity contribution in [1.29, 1.82) is 0 Å². The van der Waals surface area contributed by atoms with E-state index in [1.165, 1.54) is 149 Å². The molecule has 6 heterocycles. The topological polar surface area (TPSA) is 71.5 Å². The van der Waals surface area contributed by atoms with Gasteiger partial charge in [0.25, 0.3) is 0 Å². The molecule has 9 atom stereocenters. The molecular formula is C56H115N12Y3-3. The number of nitrogens with zero attached hydrogens (tertiary/aromatic N) is 12. The summed E-state index contributed by atoms with van der Waals surface area (Å²) in [5.41, 5.74) is 0.919. The van der Waals surface area contributed by atoms with Crippen LogP contribution in [0.25, 0.3) is 16.0 Å². The second-order valence-electron chi connectivity index (χ2n) is 26.0. The Morgan fingerprint density at radius 2 is 0.746 bits per heavy atom. The average molecular weight is 1220 g/mol. The number of rotatable bonds is 0. The Morgan fingerprint density at radius 1 is 0.366 bits per heavy atom. The third-order valence-electron chi connectivity index (χ3n) is 17.2. The number of hydrogen-bond acceptors (Lipinski definition) is 9. The first kappa shape index (κ1) is 71.8. The second kappa shape index (κ2) is 34.9. The Balaban J connectivity index is 0.000000526.